The van der Waals surface area contributed by atoms with Crippen LogP contribution in [0.4, 0.5) is 18.0 Å². The summed E-state index contributed by atoms with van der Waals surface area (Å²) in [6, 6.07) is 18.5. The number of phenols is 1. The number of ether oxygens (including phenoxy) is 1. The van der Waals surface area contributed by atoms with Crippen molar-refractivity contribution in [2.24, 2.45) is 0 Å². The number of alkyl halides is 3. The van der Waals surface area contributed by atoms with Crippen LogP contribution in [0, 0.1) is 11.8 Å². The second-order valence-electron chi connectivity index (χ2n) is 7.21. The molecule has 7 heteroatoms. The second-order valence-corrected chi connectivity index (χ2v) is 7.21. The van der Waals surface area contributed by atoms with Crippen LogP contribution in [0.2, 0.25) is 0 Å². The van der Waals surface area contributed by atoms with Gasteiger partial charge in [0.15, 0.2) is 0 Å². The number of fused-ring (bicyclic) bond motifs is 3. The molecule has 0 bridgehead atoms. The quantitative estimate of drug-likeness (QED) is 0.547. The molecule has 1 aliphatic rings. The summed E-state index contributed by atoms with van der Waals surface area (Å²) in [5.74, 6) is 4.48. The second kappa shape index (κ2) is 8.67. The summed E-state index contributed by atoms with van der Waals surface area (Å²) in [7, 11) is 0. The van der Waals surface area contributed by atoms with Crippen LogP contribution in [0.25, 0.3) is 11.1 Å². The Balaban J connectivity index is 1.34. The highest BCUT2D eigenvalue weighted by Crippen LogP contribution is 2.44. The largest absolute Gasteiger partial charge is 0.507 e. The normalized spacial score (nSPS) is 12.3. The number of halogens is 3. The molecule has 0 atom stereocenters. The lowest BCUT2D eigenvalue weighted by molar-refractivity contribution is -0.137. The Labute approximate surface area is 182 Å². The average molecular weight is 437 g/mol. The van der Waals surface area contributed by atoms with Gasteiger partial charge in [0.25, 0.3) is 0 Å². The third kappa shape index (κ3) is 4.40. The Hall–Kier alpha value is -3.92. The molecule has 32 heavy (non-hydrogen) atoms. The van der Waals surface area contributed by atoms with Crippen LogP contribution >= 0.6 is 0 Å². The summed E-state index contributed by atoms with van der Waals surface area (Å²) in [5.41, 5.74) is 3.52. The Morgan fingerprint density at radius 3 is 2.22 bits per heavy atom. The van der Waals surface area contributed by atoms with Gasteiger partial charge in [0.05, 0.1) is 17.7 Å². The lowest BCUT2D eigenvalue weighted by Gasteiger charge is -2.14. The molecule has 0 aliphatic heterocycles. The van der Waals surface area contributed by atoms with Gasteiger partial charge >= 0.3 is 12.3 Å². The number of phenolic OH excluding ortho intramolecular Hbond substituents is 1. The van der Waals surface area contributed by atoms with E-state index >= 15 is 0 Å². The highest BCUT2D eigenvalue weighted by Gasteiger charge is 2.31. The van der Waals surface area contributed by atoms with Crippen molar-refractivity contribution in [3.63, 3.8) is 0 Å². The summed E-state index contributed by atoms with van der Waals surface area (Å²) in [6.45, 7) is 0.0735. The number of nitrogens with one attached hydrogen (secondary N) is 1. The van der Waals surface area contributed by atoms with Crippen molar-refractivity contribution in [2.45, 2.75) is 12.1 Å². The highest BCUT2D eigenvalue weighted by atomic mass is 19.4. The van der Waals surface area contributed by atoms with Crippen molar-refractivity contribution in [3.8, 4) is 28.7 Å². The van der Waals surface area contributed by atoms with Crippen LogP contribution in [-0.4, -0.2) is 24.4 Å². The number of hydrogen-bond acceptors (Lipinski definition) is 3. The summed E-state index contributed by atoms with van der Waals surface area (Å²) in [6.07, 6.45) is -5.20. The molecule has 0 unspecified atom stereocenters. The van der Waals surface area contributed by atoms with Crippen molar-refractivity contribution in [1.29, 1.82) is 0 Å². The van der Waals surface area contributed by atoms with Gasteiger partial charge in [0.2, 0.25) is 0 Å². The first-order valence-electron chi connectivity index (χ1n) is 9.82. The zero-order chi connectivity index (χ0) is 22.7. The minimum absolute atomic E-state index is 0.0346. The zero-order valence-electron chi connectivity index (χ0n) is 16.7. The van der Waals surface area contributed by atoms with Crippen LogP contribution in [0.3, 0.4) is 0 Å². The molecule has 0 spiro atoms. The van der Waals surface area contributed by atoms with Gasteiger partial charge in [0, 0.05) is 5.92 Å². The fourth-order valence-electron chi connectivity index (χ4n) is 3.72. The molecule has 0 radical (unpaired) electrons. The maximum atomic E-state index is 12.6. The van der Waals surface area contributed by atoms with Crippen LogP contribution in [0.5, 0.6) is 5.75 Å². The van der Waals surface area contributed by atoms with E-state index in [-0.39, 0.29) is 24.6 Å². The average Bonchev–Trinajstić information content (AvgIpc) is 3.09. The van der Waals surface area contributed by atoms with E-state index in [1.54, 1.807) is 0 Å². The summed E-state index contributed by atoms with van der Waals surface area (Å²) >= 11 is 0. The molecule has 2 N–H and O–H groups in total. The van der Waals surface area contributed by atoms with Crippen LogP contribution in [0.1, 0.15) is 28.2 Å². The summed E-state index contributed by atoms with van der Waals surface area (Å²) in [5, 5.41) is 12.2. The first-order valence-corrected chi connectivity index (χ1v) is 9.82. The van der Waals surface area contributed by atoms with E-state index in [0.717, 1.165) is 34.4 Å². The Bertz CT molecular complexity index is 1180. The Morgan fingerprint density at radius 2 is 1.62 bits per heavy atom. The molecule has 0 aromatic heterocycles. The minimum Gasteiger partial charge on any atom is -0.507 e. The molecular weight excluding hydrogens is 419 g/mol. The third-order valence-corrected chi connectivity index (χ3v) is 5.21. The van der Waals surface area contributed by atoms with E-state index in [0.29, 0.717) is 6.07 Å². The van der Waals surface area contributed by atoms with Gasteiger partial charge < -0.3 is 15.2 Å². The molecule has 4 rings (SSSR count). The van der Waals surface area contributed by atoms with E-state index in [9.17, 15) is 23.1 Å². The van der Waals surface area contributed by atoms with Gasteiger partial charge in [-0.15, -0.1) is 0 Å². The van der Waals surface area contributed by atoms with E-state index in [1.165, 1.54) is 0 Å². The maximum Gasteiger partial charge on any atom is 0.416 e. The zero-order valence-corrected chi connectivity index (χ0v) is 16.7. The number of benzene rings is 3. The molecule has 162 valence electrons. The fraction of sp³-hybridized carbons (Fsp3) is 0.160. The van der Waals surface area contributed by atoms with Crippen molar-refractivity contribution in [3.05, 3.63) is 89.0 Å². The molecule has 0 fully saturated rings. The number of aromatic hydroxyl groups is 1. The van der Waals surface area contributed by atoms with Gasteiger partial charge in [0.1, 0.15) is 12.4 Å². The van der Waals surface area contributed by atoms with Crippen LogP contribution in [0.15, 0.2) is 66.7 Å². The van der Waals surface area contributed by atoms with Gasteiger partial charge in [-0.25, -0.2) is 4.79 Å². The Morgan fingerprint density at radius 1 is 1.00 bits per heavy atom. The molecule has 0 heterocycles. The third-order valence-electron chi connectivity index (χ3n) is 5.21. The lowest BCUT2D eigenvalue weighted by atomic mass is 9.98. The molecule has 3 aromatic rings. The number of carbonyl (C=O) groups is 1. The number of alkyl carbamates (subject to hydrolysis) is 1. The molecule has 0 saturated carbocycles. The predicted octanol–water partition coefficient (Wildman–Crippen LogP) is 5.30. The molecular formula is C25H18F3NO3. The predicted molar refractivity (Wildman–Crippen MR) is 113 cm³/mol. The monoisotopic (exact) mass is 437 g/mol. The molecule has 1 aliphatic carbocycles. The van der Waals surface area contributed by atoms with Crippen molar-refractivity contribution < 1.29 is 27.8 Å². The van der Waals surface area contributed by atoms with Crippen LogP contribution < -0.4 is 5.32 Å². The van der Waals surface area contributed by atoms with E-state index in [1.807, 2.05) is 48.5 Å². The van der Waals surface area contributed by atoms with Gasteiger partial charge in [-0.3, -0.25) is 0 Å². The molecule has 3 aromatic carbocycles. The standard InChI is InChI=1S/C25H18F3NO3/c26-25(27,28)17-12-11-16(23(30)14-17)6-5-13-29-24(31)32-15-22-20-9-3-1-7-18(20)19-8-2-4-10-21(19)22/h1-4,7-12,14,22,30H,13,15H2,(H,29,31). The van der Waals surface area contributed by atoms with Gasteiger partial charge in [-0.05, 0) is 40.5 Å². The molecule has 4 nitrogen and oxygen atoms in total. The first-order chi connectivity index (χ1) is 15.3. The SMILES string of the molecule is O=C(NCC#Cc1ccc(C(F)(F)F)cc1O)OCC1c2ccccc2-c2ccccc21. The smallest absolute Gasteiger partial charge is 0.416 e. The fourth-order valence-corrected chi connectivity index (χ4v) is 3.72. The van der Waals surface area contributed by atoms with E-state index in [2.05, 4.69) is 17.2 Å². The topological polar surface area (TPSA) is 58.6 Å². The summed E-state index contributed by atoms with van der Waals surface area (Å²) in [4.78, 5) is 12.1. The number of amides is 1. The molecule has 1 amide bonds. The summed E-state index contributed by atoms with van der Waals surface area (Å²) < 4.78 is 43.3. The first kappa shape index (κ1) is 21.3. The van der Waals surface area contributed by atoms with E-state index < -0.39 is 23.6 Å². The maximum absolute atomic E-state index is 12.6. The molecule has 0 saturated heterocycles. The number of carbonyl (C=O) groups excluding carboxylic acids is 1. The van der Waals surface area contributed by atoms with Crippen molar-refractivity contribution >= 4 is 6.09 Å². The van der Waals surface area contributed by atoms with Gasteiger partial charge in [-0.2, -0.15) is 13.2 Å². The highest BCUT2D eigenvalue weighted by molar-refractivity contribution is 5.79. The van der Waals surface area contributed by atoms with E-state index in [4.69, 9.17) is 4.74 Å². The minimum atomic E-state index is -4.55. The number of hydrogen-bond donors (Lipinski definition) is 2. The number of rotatable bonds is 3. The van der Waals surface area contributed by atoms with Gasteiger partial charge in [-0.1, -0.05) is 60.4 Å². The van der Waals surface area contributed by atoms with Crippen molar-refractivity contribution in [2.75, 3.05) is 13.2 Å². The van der Waals surface area contributed by atoms with Crippen molar-refractivity contribution in [1.82, 2.24) is 5.32 Å². The Kier molecular flexibility index (Phi) is 5.78. The lowest BCUT2D eigenvalue weighted by Crippen LogP contribution is -2.26. The van der Waals surface area contributed by atoms with Crippen LogP contribution in [-0.2, 0) is 10.9 Å².